The van der Waals surface area contributed by atoms with Gasteiger partial charge in [0.1, 0.15) is 35.6 Å². The van der Waals surface area contributed by atoms with Gasteiger partial charge in [0.15, 0.2) is 0 Å². The third kappa shape index (κ3) is 2.46. The zero-order chi connectivity index (χ0) is 17.2. The van der Waals surface area contributed by atoms with E-state index in [1.54, 1.807) is 26.8 Å². The van der Waals surface area contributed by atoms with Gasteiger partial charge in [0.25, 0.3) is 0 Å². The Morgan fingerprint density at radius 3 is 2.48 bits per heavy atom. The first-order valence-electron chi connectivity index (χ1n) is 7.97. The van der Waals surface area contributed by atoms with Gasteiger partial charge < -0.3 is 35.0 Å². The molecule has 2 aliphatic heterocycles. The first-order chi connectivity index (χ1) is 10.6. The number of hydrogen-bond acceptors (Lipinski definition) is 7. The van der Waals surface area contributed by atoms with Gasteiger partial charge in [-0.05, 0) is 20.8 Å². The second-order valence-corrected chi connectivity index (χ2v) is 7.69. The fourth-order valence-electron chi connectivity index (χ4n) is 3.78. The summed E-state index contributed by atoms with van der Waals surface area (Å²) < 4.78 is 11.5. The van der Waals surface area contributed by atoms with E-state index in [0.29, 0.717) is 6.42 Å². The Kier molecular flexibility index (Phi) is 3.93. The molecule has 2 heterocycles. The van der Waals surface area contributed by atoms with Crippen molar-refractivity contribution >= 4 is 0 Å². The van der Waals surface area contributed by atoms with Gasteiger partial charge in [-0.15, -0.1) is 0 Å². The number of fused-ring (bicyclic) bond motifs is 3. The van der Waals surface area contributed by atoms with Crippen LogP contribution in [0.15, 0.2) is 11.6 Å². The summed E-state index contributed by atoms with van der Waals surface area (Å²) in [5.74, 6) is 0. The van der Waals surface area contributed by atoms with Crippen LogP contribution in [0.2, 0.25) is 0 Å². The molecule has 0 radical (unpaired) electrons. The summed E-state index contributed by atoms with van der Waals surface area (Å²) in [6.45, 7) is 4.82. The number of aliphatic hydroxyl groups is 5. The largest absolute Gasteiger partial charge is 0.392 e. The maximum absolute atomic E-state index is 10.8. The molecule has 0 amide bonds. The minimum Gasteiger partial charge on any atom is -0.392 e. The van der Waals surface area contributed by atoms with Crippen molar-refractivity contribution in [1.29, 1.82) is 0 Å². The van der Waals surface area contributed by atoms with Crippen LogP contribution in [-0.2, 0) is 9.47 Å². The van der Waals surface area contributed by atoms with Crippen molar-refractivity contribution in [3.63, 3.8) is 0 Å². The Bertz CT molecular complexity index is 513. The van der Waals surface area contributed by atoms with Crippen molar-refractivity contribution in [2.75, 3.05) is 6.61 Å². The molecule has 3 aliphatic rings. The third-order valence-corrected chi connectivity index (χ3v) is 5.48. The Balaban J connectivity index is 1.85. The van der Waals surface area contributed by atoms with Gasteiger partial charge in [-0.3, -0.25) is 0 Å². The Morgan fingerprint density at radius 1 is 1.26 bits per heavy atom. The van der Waals surface area contributed by atoms with Crippen LogP contribution in [0.4, 0.5) is 0 Å². The highest BCUT2D eigenvalue weighted by molar-refractivity contribution is 5.28. The zero-order valence-corrected chi connectivity index (χ0v) is 13.6. The average molecular weight is 330 g/mol. The zero-order valence-electron chi connectivity index (χ0n) is 13.6. The molecule has 0 aromatic heterocycles. The first-order valence-corrected chi connectivity index (χ1v) is 7.97. The predicted molar refractivity (Wildman–Crippen MR) is 79.6 cm³/mol. The summed E-state index contributed by atoms with van der Waals surface area (Å²) >= 11 is 0. The van der Waals surface area contributed by atoms with Crippen molar-refractivity contribution in [3.8, 4) is 0 Å². The van der Waals surface area contributed by atoms with E-state index in [2.05, 4.69) is 0 Å². The van der Waals surface area contributed by atoms with Crippen LogP contribution in [0.3, 0.4) is 0 Å². The van der Waals surface area contributed by atoms with Crippen molar-refractivity contribution in [2.45, 2.75) is 80.9 Å². The summed E-state index contributed by atoms with van der Waals surface area (Å²) in [5.41, 5.74) is -3.10. The van der Waals surface area contributed by atoms with E-state index in [1.165, 1.54) is 0 Å². The number of aliphatic hydroxyl groups excluding tert-OH is 3. The average Bonchev–Trinajstić information content (AvgIpc) is 3.09. The van der Waals surface area contributed by atoms with Crippen LogP contribution >= 0.6 is 0 Å². The van der Waals surface area contributed by atoms with Gasteiger partial charge in [0.2, 0.25) is 0 Å². The molecule has 5 N–H and O–H groups in total. The van der Waals surface area contributed by atoms with Crippen LogP contribution in [0.25, 0.3) is 0 Å². The normalized spacial score (nSPS) is 49.7. The number of ether oxygens (including phenoxy) is 2. The van der Waals surface area contributed by atoms with Gasteiger partial charge in [-0.25, -0.2) is 0 Å². The minimum absolute atomic E-state index is 0.0286. The lowest BCUT2D eigenvalue weighted by Crippen LogP contribution is -2.65. The summed E-state index contributed by atoms with van der Waals surface area (Å²) in [5, 5.41) is 51.0. The van der Waals surface area contributed by atoms with Crippen LogP contribution < -0.4 is 0 Å². The molecule has 7 unspecified atom stereocenters. The van der Waals surface area contributed by atoms with Crippen molar-refractivity contribution in [1.82, 2.24) is 0 Å². The lowest BCUT2D eigenvalue weighted by molar-refractivity contribution is -0.181. The SMILES string of the molecule is C/C(=C\CC12OC1C1OC(C(C)(C)O)CC1(O)C(O)C2O)CO. The highest BCUT2D eigenvalue weighted by atomic mass is 16.7. The van der Waals surface area contributed by atoms with Gasteiger partial charge >= 0.3 is 0 Å². The summed E-state index contributed by atoms with van der Waals surface area (Å²) in [6, 6.07) is 0. The predicted octanol–water partition coefficient (Wildman–Crippen LogP) is -1.15. The lowest BCUT2D eigenvalue weighted by Gasteiger charge is -2.41. The smallest absolute Gasteiger partial charge is 0.129 e. The molecule has 2 saturated heterocycles. The van der Waals surface area contributed by atoms with Gasteiger partial charge in [-0.1, -0.05) is 11.6 Å². The third-order valence-electron chi connectivity index (χ3n) is 5.48. The maximum Gasteiger partial charge on any atom is 0.129 e. The fraction of sp³-hybridized carbons (Fsp3) is 0.875. The van der Waals surface area contributed by atoms with E-state index in [9.17, 15) is 20.4 Å². The molecule has 3 rings (SSSR count). The molecule has 1 saturated carbocycles. The fourth-order valence-corrected chi connectivity index (χ4v) is 3.78. The molecular formula is C16H26O7. The number of hydrogen-bond donors (Lipinski definition) is 5. The summed E-state index contributed by atoms with van der Waals surface area (Å²) in [6.07, 6.45) is -2.62. The lowest BCUT2D eigenvalue weighted by atomic mass is 9.70. The minimum atomic E-state index is -1.65. The molecule has 3 fully saturated rings. The monoisotopic (exact) mass is 330 g/mol. The molecule has 7 nitrogen and oxygen atoms in total. The highest BCUT2D eigenvalue weighted by Crippen LogP contribution is 2.58. The van der Waals surface area contributed by atoms with Crippen LogP contribution in [0.1, 0.15) is 33.6 Å². The molecule has 23 heavy (non-hydrogen) atoms. The van der Waals surface area contributed by atoms with Gasteiger partial charge in [0.05, 0.1) is 18.3 Å². The van der Waals surface area contributed by atoms with Crippen molar-refractivity contribution in [2.24, 2.45) is 0 Å². The van der Waals surface area contributed by atoms with E-state index in [-0.39, 0.29) is 13.0 Å². The molecule has 0 aromatic carbocycles. The molecular weight excluding hydrogens is 304 g/mol. The van der Waals surface area contributed by atoms with Crippen LogP contribution in [-0.4, -0.2) is 79.5 Å². The van der Waals surface area contributed by atoms with Crippen molar-refractivity contribution in [3.05, 3.63) is 11.6 Å². The Labute approximate surface area is 135 Å². The Hall–Kier alpha value is -0.540. The van der Waals surface area contributed by atoms with E-state index in [4.69, 9.17) is 14.6 Å². The van der Waals surface area contributed by atoms with Crippen LogP contribution in [0.5, 0.6) is 0 Å². The van der Waals surface area contributed by atoms with Crippen molar-refractivity contribution < 1.29 is 35.0 Å². The quantitative estimate of drug-likeness (QED) is 0.326. The Morgan fingerprint density at radius 2 is 1.91 bits per heavy atom. The van der Waals surface area contributed by atoms with Gasteiger partial charge in [-0.2, -0.15) is 0 Å². The molecule has 0 bridgehead atoms. The van der Waals surface area contributed by atoms with E-state index < -0.39 is 47.3 Å². The second kappa shape index (κ2) is 5.23. The molecule has 0 aromatic rings. The molecule has 0 spiro atoms. The standard InChI is InChI=1S/C16H26O7/c1-8(7-17)4-5-16-11(19)10(18)15(21)6-9(14(2,3)20)22-12(15)13(16)23-16/h4,9-13,17-21H,5-7H2,1-3H3/b8-4+. The number of rotatable bonds is 4. The first kappa shape index (κ1) is 17.3. The molecule has 1 aliphatic carbocycles. The van der Waals surface area contributed by atoms with E-state index >= 15 is 0 Å². The van der Waals surface area contributed by atoms with Crippen LogP contribution in [0, 0.1) is 0 Å². The van der Waals surface area contributed by atoms with E-state index in [1.807, 2.05) is 0 Å². The second-order valence-electron chi connectivity index (χ2n) is 7.69. The number of epoxide rings is 1. The molecule has 132 valence electrons. The summed E-state index contributed by atoms with van der Waals surface area (Å²) in [4.78, 5) is 0. The molecule has 7 atom stereocenters. The topological polar surface area (TPSA) is 123 Å². The van der Waals surface area contributed by atoms with Gasteiger partial charge in [0, 0.05) is 12.8 Å². The summed E-state index contributed by atoms with van der Waals surface area (Å²) in [7, 11) is 0. The molecule has 7 heteroatoms. The van der Waals surface area contributed by atoms with E-state index in [0.717, 1.165) is 5.57 Å². The highest BCUT2D eigenvalue weighted by Gasteiger charge is 2.78. The maximum atomic E-state index is 10.8.